The first-order valence-electron chi connectivity index (χ1n) is 6.06. The summed E-state index contributed by atoms with van der Waals surface area (Å²) in [6.07, 6.45) is -3.08. The monoisotopic (exact) mass is 273 g/mol. The van der Waals surface area contributed by atoms with E-state index in [0.717, 1.165) is 25.5 Å². The van der Waals surface area contributed by atoms with E-state index in [-0.39, 0.29) is 23.0 Å². The van der Waals surface area contributed by atoms with Gasteiger partial charge in [-0.15, -0.1) is 13.2 Å². The summed E-state index contributed by atoms with van der Waals surface area (Å²) in [5.41, 5.74) is 0.260. The Labute approximate surface area is 108 Å². The smallest absolute Gasteiger partial charge is 0.406 e. The van der Waals surface area contributed by atoms with E-state index in [1.807, 2.05) is 0 Å². The first-order chi connectivity index (χ1) is 8.96. The number of hydrogen-bond donors (Lipinski definition) is 1. The second-order valence-corrected chi connectivity index (χ2v) is 4.48. The molecule has 19 heavy (non-hydrogen) atoms. The maximum absolute atomic E-state index is 12.1. The van der Waals surface area contributed by atoms with Gasteiger partial charge in [-0.1, -0.05) is 12.1 Å². The van der Waals surface area contributed by atoms with Gasteiger partial charge in [0.05, 0.1) is 0 Å². The molecule has 104 valence electrons. The number of alkyl halides is 3. The SMILES string of the molecule is O=C(c1cccc(OC(F)(F)F)c1)C1CCCNC1. The van der Waals surface area contributed by atoms with Crippen molar-refractivity contribution in [2.45, 2.75) is 19.2 Å². The highest BCUT2D eigenvalue weighted by atomic mass is 19.4. The van der Waals surface area contributed by atoms with Gasteiger partial charge in [0.1, 0.15) is 5.75 Å². The summed E-state index contributed by atoms with van der Waals surface area (Å²) in [7, 11) is 0. The zero-order valence-corrected chi connectivity index (χ0v) is 10.2. The number of ketones is 1. The summed E-state index contributed by atoms with van der Waals surface area (Å²) in [6.45, 7) is 1.45. The Kier molecular flexibility index (Phi) is 4.09. The number of Topliss-reactive ketones (excluding diaryl/α,β-unsaturated/α-hetero) is 1. The maximum atomic E-state index is 12.1. The fraction of sp³-hybridized carbons (Fsp3) is 0.462. The molecule has 1 atom stereocenters. The number of carbonyl (C=O) groups is 1. The molecule has 0 amide bonds. The normalized spacial score (nSPS) is 20.1. The standard InChI is InChI=1S/C13H14F3NO2/c14-13(15,16)19-11-5-1-3-9(7-11)12(18)10-4-2-6-17-8-10/h1,3,5,7,10,17H,2,4,6,8H2. The Morgan fingerprint density at radius 3 is 2.79 bits per heavy atom. The summed E-state index contributed by atoms with van der Waals surface area (Å²) in [6, 6.07) is 5.23. The van der Waals surface area contributed by atoms with Crippen LogP contribution >= 0.6 is 0 Å². The quantitative estimate of drug-likeness (QED) is 0.861. The van der Waals surface area contributed by atoms with Crippen LogP contribution in [-0.4, -0.2) is 25.2 Å². The number of carbonyl (C=O) groups excluding carboxylic acids is 1. The van der Waals surface area contributed by atoms with Gasteiger partial charge >= 0.3 is 6.36 Å². The predicted molar refractivity (Wildman–Crippen MR) is 63.0 cm³/mol. The predicted octanol–water partition coefficient (Wildman–Crippen LogP) is 2.77. The van der Waals surface area contributed by atoms with E-state index in [2.05, 4.69) is 10.1 Å². The van der Waals surface area contributed by atoms with E-state index in [0.29, 0.717) is 6.54 Å². The van der Waals surface area contributed by atoms with Crippen LogP contribution in [0.25, 0.3) is 0 Å². The number of ether oxygens (including phenoxy) is 1. The Balaban J connectivity index is 2.11. The molecule has 1 unspecified atom stereocenters. The average molecular weight is 273 g/mol. The number of benzene rings is 1. The van der Waals surface area contributed by atoms with Crippen molar-refractivity contribution in [3.8, 4) is 5.75 Å². The van der Waals surface area contributed by atoms with Crippen LogP contribution in [0.4, 0.5) is 13.2 Å². The number of nitrogens with one attached hydrogen (secondary N) is 1. The third-order valence-electron chi connectivity index (χ3n) is 3.02. The lowest BCUT2D eigenvalue weighted by atomic mass is 9.91. The molecular formula is C13H14F3NO2. The van der Waals surface area contributed by atoms with Crippen molar-refractivity contribution in [1.82, 2.24) is 5.32 Å². The van der Waals surface area contributed by atoms with Crippen molar-refractivity contribution in [1.29, 1.82) is 0 Å². The fourth-order valence-corrected chi connectivity index (χ4v) is 2.16. The van der Waals surface area contributed by atoms with Gasteiger partial charge < -0.3 is 10.1 Å². The van der Waals surface area contributed by atoms with Crippen LogP contribution in [0.1, 0.15) is 23.2 Å². The largest absolute Gasteiger partial charge is 0.573 e. The van der Waals surface area contributed by atoms with Crippen molar-refractivity contribution >= 4 is 5.78 Å². The summed E-state index contributed by atoms with van der Waals surface area (Å²) in [4.78, 5) is 12.1. The summed E-state index contributed by atoms with van der Waals surface area (Å²) < 4.78 is 40.1. The highest BCUT2D eigenvalue weighted by molar-refractivity contribution is 5.98. The van der Waals surface area contributed by atoms with Gasteiger partial charge in [-0.2, -0.15) is 0 Å². The van der Waals surface area contributed by atoms with E-state index in [4.69, 9.17) is 0 Å². The number of hydrogen-bond acceptors (Lipinski definition) is 3. The lowest BCUT2D eigenvalue weighted by molar-refractivity contribution is -0.274. The molecular weight excluding hydrogens is 259 g/mol. The lowest BCUT2D eigenvalue weighted by Crippen LogP contribution is -2.34. The van der Waals surface area contributed by atoms with Crippen LogP contribution in [0.15, 0.2) is 24.3 Å². The molecule has 0 spiro atoms. The minimum Gasteiger partial charge on any atom is -0.406 e. The highest BCUT2D eigenvalue weighted by Gasteiger charge is 2.31. The van der Waals surface area contributed by atoms with Gasteiger partial charge in [0.25, 0.3) is 0 Å². The Hall–Kier alpha value is -1.56. The van der Waals surface area contributed by atoms with E-state index in [9.17, 15) is 18.0 Å². The molecule has 1 fully saturated rings. The van der Waals surface area contributed by atoms with Crippen LogP contribution in [0, 0.1) is 5.92 Å². The molecule has 1 aliphatic heterocycles. The van der Waals surface area contributed by atoms with Gasteiger partial charge in [0, 0.05) is 18.0 Å². The van der Waals surface area contributed by atoms with Gasteiger partial charge in [-0.25, -0.2) is 0 Å². The van der Waals surface area contributed by atoms with E-state index >= 15 is 0 Å². The Morgan fingerprint density at radius 1 is 1.37 bits per heavy atom. The third-order valence-corrected chi connectivity index (χ3v) is 3.02. The summed E-state index contributed by atoms with van der Waals surface area (Å²) >= 11 is 0. The van der Waals surface area contributed by atoms with Crippen molar-refractivity contribution in [2.75, 3.05) is 13.1 Å². The van der Waals surface area contributed by atoms with Crippen molar-refractivity contribution in [3.63, 3.8) is 0 Å². The van der Waals surface area contributed by atoms with Crippen LogP contribution < -0.4 is 10.1 Å². The van der Waals surface area contributed by atoms with Gasteiger partial charge in [0.2, 0.25) is 0 Å². The minimum atomic E-state index is -4.74. The molecule has 3 nitrogen and oxygen atoms in total. The zero-order valence-electron chi connectivity index (χ0n) is 10.2. The Morgan fingerprint density at radius 2 is 2.16 bits per heavy atom. The molecule has 0 aromatic heterocycles. The van der Waals surface area contributed by atoms with Crippen molar-refractivity contribution < 1.29 is 22.7 Å². The number of piperidine rings is 1. The third kappa shape index (κ3) is 3.96. The lowest BCUT2D eigenvalue weighted by Gasteiger charge is -2.21. The molecule has 0 aliphatic carbocycles. The average Bonchev–Trinajstić information content (AvgIpc) is 2.37. The molecule has 1 aromatic carbocycles. The zero-order chi connectivity index (χ0) is 13.9. The van der Waals surface area contributed by atoms with E-state index in [1.165, 1.54) is 18.2 Å². The van der Waals surface area contributed by atoms with Crippen LogP contribution in [-0.2, 0) is 0 Å². The molecule has 1 aromatic rings. The molecule has 0 radical (unpaired) electrons. The molecule has 1 N–H and O–H groups in total. The molecule has 6 heteroatoms. The fourth-order valence-electron chi connectivity index (χ4n) is 2.16. The van der Waals surface area contributed by atoms with Gasteiger partial charge in [-0.05, 0) is 31.5 Å². The summed E-state index contributed by atoms with van der Waals surface area (Å²) in [5, 5.41) is 3.11. The molecule has 2 rings (SSSR count). The first kappa shape index (κ1) is 13.9. The van der Waals surface area contributed by atoms with Crippen LogP contribution in [0.5, 0.6) is 5.75 Å². The number of halogens is 3. The molecule has 1 aliphatic rings. The van der Waals surface area contributed by atoms with E-state index < -0.39 is 6.36 Å². The topological polar surface area (TPSA) is 38.3 Å². The maximum Gasteiger partial charge on any atom is 0.573 e. The summed E-state index contributed by atoms with van der Waals surface area (Å²) in [5.74, 6) is -0.670. The van der Waals surface area contributed by atoms with Crippen LogP contribution in [0.2, 0.25) is 0 Å². The van der Waals surface area contributed by atoms with Crippen LogP contribution in [0.3, 0.4) is 0 Å². The molecule has 1 heterocycles. The van der Waals surface area contributed by atoms with Crippen molar-refractivity contribution in [2.24, 2.45) is 5.92 Å². The second kappa shape index (κ2) is 5.61. The van der Waals surface area contributed by atoms with Gasteiger partial charge in [0.15, 0.2) is 5.78 Å². The molecule has 0 saturated carbocycles. The Bertz CT molecular complexity index is 453. The van der Waals surface area contributed by atoms with Crippen molar-refractivity contribution in [3.05, 3.63) is 29.8 Å². The molecule has 0 bridgehead atoms. The second-order valence-electron chi connectivity index (χ2n) is 4.48. The molecule has 1 saturated heterocycles. The first-order valence-corrected chi connectivity index (χ1v) is 6.06. The van der Waals surface area contributed by atoms with Gasteiger partial charge in [-0.3, -0.25) is 4.79 Å². The highest BCUT2D eigenvalue weighted by Crippen LogP contribution is 2.25. The van der Waals surface area contributed by atoms with E-state index in [1.54, 1.807) is 0 Å². The minimum absolute atomic E-state index is 0.139. The number of rotatable bonds is 3.